The van der Waals surface area contributed by atoms with Crippen LogP contribution in [0.1, 0.15) is 5.56 Å². The first-order valence-corrected chi connectivity index (χ1v) is 6.01. The molecule has 3 N–H and O–H groups in total. The van der Waals surface area contributed by atoms with Gasteiger partial charge >= 0.3 is 0 Å². The number of hydrogen-bond donors (Lipinski definition) is 2. The van der Waals surface area contributed by atoms with Crippen LogP contribution in [-0.2, 0) is 6.61 Å². The maximum absolute atomic E-state index is 13.4. The van der Waals surface area contributed by atoms with Crippen molar-refractivity contribution in [3.8, 4) is 11.5 Å². The molecule has 94 valence electrons. The molecule has 0 radical (unpaired) electrons. The van der Waals surface area contributed by atoms with E-state index in [9.17, 15) is 4.39 Å². The summed E-state index contributed by atoms with van der Waals surface area (Å²) in [6, 6.07) is 9.54. The van der Waals surface area contributed by atoms with Gasteiger partial charge in [0.15, 0.2) is 5.75 Å². The molecular formula is C13H11BrFNO2. The Hall–Kier alpha value is -1.59. The van der Waals surface area contributed by atoms with Crippen LogP contribution in [0.3, 0.4) is 0 Å². The molecule has 2 rings (SSSR count). The highest BCUT2D eigenvalue weighted by Crippen LogP contribution is 2.32. The van der Waals surface area contributed by atoms with Crippen LogP contribution in [0.5, 0.6) is 11.5 Å². The van der Waals surface area contributed by atoms with E-state index < -0.39 is 5.82 Å². The molecule has 0 unspecified atom stereocenters. The molecule has 0 fully saturated rings. The number of aliphatic hydroxyl groups is 1. The van der Waals surface area contributed by atoms with Crippen molar-refractivity contribution in [1.29, 1.82) is 0 Å². The fourth-order valence-corrected chi connectivity index (χ4v) is 1.83. The van der Waals surface area contributed by atoms with Gasteiger partial charge in [-0.1, -0.05) is 12.1 Å². The summed E-state index contributed by atoms with van der Waals surface area (Å²) in [5.74, 6) is 0.290. The number of ether oxygens (including phenoxy) is 1. The van der Waals surface area contributed by atoms with Crippen LogP contribution in [0.4, 0.5) is 10.1 Å². The highest BCUT2D eigenvalue weighted by Gasteiger charge is 2.08. The van der Waals surface area contributed by atoms with E-state index in [1.54, 1.807) is 24.3 Å². The standard InChI is InChI=1S/C13H11BrFNO2/c14-10-5-12(16)13(6-11(10)15)18-9-3-1-2-8(4-9)7-17/h1-6,17H,7,16H2. The number of nitrogen functional groups attached to an aromatic ring is 1. The lowest BCUT2D eigenvalue weighted by Gasteiger charge is -2.10. The van der Waals surface area contributed by atoms with Gasteiger partial charge in [0.2, 0.25) is 0 Å². The van der Waals surface area contributed by atoms with E-state index >= 15 is 0 Å². The van der Waals surface area contributed by atoms with Crippen LogP contribution in [0, 0.1) is 5.82 Å². The van der Waals surface area contributed by atoms with Gasteiger partial charge in [-0.25, -0.2) is 4.39 Å². The number of benzene rings is 2. The molecule has 2 aromatic rings. The minimum atomic E-state index is -0.447. The molecule has 0 saturated heterocycles. The van der Waals surface area contributed by atoms with Crippen molar-refractivity contribution in [2.24, 2.45) is 0 Å². The zero-order valence-corrected chi connectivity index (χ0v) is 10.9. The molecule has 2 aromatic carbocycles. The predicted molar refractivity (Wildman–Crippen MR) is 71.0 cm³/mol. The summed E-state index contributed by atoms with van der Waals surface area (Å²) < 4.78 is 19.2. The number of aliphatic hydroxyl groups excluding tert-OH is 1. The normalized spacial score (nSPS) is 10.4. The number of anilines is 1. The summed E-state index contributed by atoms with van der Waals surface area (Å²) in [5, 5.41) is 9.02. The van der Waals surface area contributed by atoms with Crippen LogP contribution < -0.4 is 10.5 Å². The topological polar surface area (TPSA) is 55.5 Å². The molecule has 0 saturated carbocycles. The van der Waals surface area contributed by atoms with Crippen LogP contribution in [0.2, 0.25) is 0 Å². The van der Waals surface area contributed by atoms with Crippen molar-refractivity contribution in [3.05, 3.63) is 52.3 Å². The first kappa shape index (κ1) is 12.9. The quantitative estimate of drug-likeness (QED) is 0.854. The lowest BCUT2D eigenvalue weighted by Crippen LogP contribution is -1.94. The Balaban J connectivity index is 2.30. The molecule has 0 aromatic heterocycles. The molecule has 0 aliphatic heterocycles. The Morgan fingerprint density at radius 2 is 2.06 bits per heavy atom. The van der Waals surface area contributed by atoms with Crippen molar-refractivity contribution in [3.63, 3.8) is 0 Å². The van der Waals surface area contributed by atoms with Crippen LogP contribution in [0.15, 0.2) is 40.9 Å². The SMILES string of the molecule is Nc1cc(Br)c(F)cc1Oc1cccc(CO)c1. The number of rotatable bonds is 3. The molecule has 0 atom stereocenters. The van der Waals surface area contributed by atoms with Crippen LogP contribution in [0.25, 0.3) is 0 Å². The summed E-state index contributed by atoms with van der Waals surface area (Å²) in [4.78, 5) is 0. The van der Waals surface area contributed by atoms with Crippen molar-refractivity contribution in [2.75, 3.05) is 5.73 Å². The van der Waals surface area contributed by atoms with E-state index in [4.69, 9.17) is 15.6 Å². The highest BCUT2D eigenvalue weighted by molar-refractivity contribution is 9.10. The van der Waals surface area contributed by atoms with Crippen molar-refractivity contribution in [1.82, 2.24) is 0 Å². The number of halogens is 2. The third-order valence-electron chi connectivity index (χ3n) is 2.36. The monoisotopic (exact) mass is 311 g/mol. The minimum Gasteiger partial charge on any atom is -0.455 e. The molecule has 0 aliphatic carbocycles. The van der Waals surface area contributed by atoms with Gasteiger partial charge in [0.1, 0.15) is 11.6 Å². The van der Waals surface area contributed by atoms with E-state index in [0.29, 0.717) is 17.0 Å². The average Bonchev–Trinajstić information content (AvgIpc) is 2.36. The molecule has 0 heterocycles. The van der Waals surface area contributed by atoms with Gasteiger partial charge in [0, 0.05) is 6.07 Å². The second-order valence-corrected chi connectivity index (χ2v) is 4.57. The molecule has 3 nitrogen and oxygen atoms in total. The third-order valence-corrected chi connectivity index (χ3v) is 2.97. The van der Waals surface area contributed by atoms with Gasteiger partial charge in [0.05, 0.1) is 16.8 Å². The van der Waals surface area contributed by atoms with Gasteiger partial charge in [-0.2, -0.15) is 0 Å². The van der Waals surface area contributed by atoms with Gasteiger partial charge in [-0.15, -0.1) is 0 Å². The van der Waals surface area contributed by atoms with Gasteiger partial charge in [0.25, 0.3) is 0 Å². The molecule has 0 amide bonds. The highest BCUT2D eigenvalue weighted by atomic mass is 79.9. The maximum Gasteiger partial charge on any atom is 0.153 e. The lowest BCUT2D eigenvalue weighted by molar-refractivity contribution is 0.281. The molecule has 0 bridgehead atoms. The fourth-order valence-electron chi connectivity index (χ4n) is 1.47. The smallest absolute Gasteiger partial charge is 0.153 e. The van der Waals surface area contributed by atoms with E-state index in [1.807, 2.05) is 0 Å². The summed E-state index contributed by atoms with van der Waals surface area (Å²) in [6.07, 6.45) is 0. The van der Waals surface area contributed by atoms with Crippen molar-refractivity contribution >= 4 is 21.6 Å². The summed E-state index contributed by atoms with van der Waals surface area (Å²) in [5.41, 5.74) is 6.78. The summed E-state index contributed by atoms with van der Waals surface area (Å²) >= 11 is 3.04. The van der Waals surface area contributed by atoms with E-state index in [0.717, 1.165) is 0 Å². The number of hydrogen-bond acceptors (Lipinski definition) is 3. The fraction of sp³-hybridized carbons (Fsp3) is 0.0769. The zero-order chi connectivity index (χ0) is 13.1. The van der Waals surface area contributed by atoms with Crippen LogP contribution >= 0.6 is 15.9 Å². The lowest BCUT2D eigenvalue weighted by atomic mass is 10.2. The molecule has 5 heteroatoms. The van der Waals surface area contributed by atoms with E-state index in [-0.39, 0.29) is 16.8 Å². The van der Waals surface area contributed by atoms with Crippen LogP contribution in [-0.4, -0.2) is 5.11 Å². The maximum atomic E-state index is 13.4. The molecule has 0 aliphatic rings. The van der Waals surface area contributed by atoms with Gasteiger partial charge in [-0.05, 0) is 39.7 Å². The predicted octanol–water partition coefficient (Wildman–Crippen LogP) is 3.46. The largest absolute Gasteiger partial charge is 0.455 e. The zero-order valence-electron chi connectivity index (χ0n) is 9.36. The third kappa shape index (κ3) is 2.80. The second-order valence-electron chi connectivity index (χ2n) is 3.71. The Morgan fingerprint density at radius 1 is 1.28 bits per heavy atom. The van der Waals surface area contributed by atoms with Gasteiger partial charge in [-0.3, -0.25) is 0 Å². The molecule has 18 heavy (non-hydrogen) atoms. The Kier molecular flexibility index (Phi) is 3.84. The first-order chi connectivity index (χ1) is 8.60. The Labute approximate surface area is 112 Å². The molecule has 0 spiro atoms. The van der Waals surface area contributed by atoms with E-state index in [2.05, 4.69) is 15.9 Å². The summed E-state index contributed by atoms with van der Waals surface area (Å²) in [7, 11) is 0. The Bertz CT molecular complexity index is 575. The minimum absolute atomic E-state index is 0.0820. The number of nitrogens with two attached hydrogens (primary N) is 1. The van der Waals surface area contributed by atoms with Crippen molar-refractivity contribution in [2.45, 2.75) is 6.61 Å². The molecular weight excluding hydrogens is 301 g/mol. The van der Waals surface area contributed by atoms with E-state index in [1.165, 1.54) is 12.1 Å². The second kappa shape index (κ2) is 5.37. The van der Waals surface area contributed by atoms with Gasteiger partial charge < -0.3 is 15.6 Å². The van der Waals surface area contributed by atoms with Crippen molar-refractivity contribution < 1.29 is 14.2 Å². The summed E-state index contributed by atoms with van der Waals surface area (Å²) in [6.45, 7) is -0.0820. The first-order valence-electron chi connectivity index (χ1n) is 5.22. The average molecular weight is 312 g/mol. The Morgan fingerprint density at radius 3 is 2.78 bits per heavy atom.